The molecule has 1 amide bonds. The highest BCUT2D eigenvalue weighted by Gasteiger charge is 2.20. The van der Waals surface area contributed by atoms with Crippen LogP contribution in [0.1, 0.15) is 30.9 Å². The van der Waals surface area contributed by atoms with Crippen LogP contribution in [0.25, 0.3) is 11.1 Å². The fourth-order valence-electron chi connectivity index (χ4n) is 4.77. The van der Waals surface area contributed by atoms with Crippen molar-refractivity contribution in [2.24, 2.45) is 5.92 Å². The van der Waals surface area contributed by atoms with Crippen LogP contribution < -0.4 is 14.2 Å². The van der Waals surface area contributed by atoms with Crippen molar-refractivity contribution >= 4 is 17.2 Å². The van der Waals surface area contributed by atoms with Gasteiger partial charge in [0.05, 0.1) is 0 Å². The van der Waals surface area contributed by atoms with Crippen molar-refractivity contribution in [3.05, 3.63) is 64.4 Å². The fourth-order valence-corrected chi connectivity index (χ4v) is 5.42. The molecular formula is C28H32N2O4S. The van der Waals surface area contributed by atoms with Gasteiger partial charge in [0.15, 0.2) is 18.1 Å². The average Bonchev–Trinajstić information content (AvgIpc) is 3.54. The van der Waals surface area contributed by atoms with Crippen molar-refractivity contribution in [3.63, 3.8) is 0 Å². The topological polar surface area (TPSA) is 51.2 Å². The Bertz CT molecular complexity index is 1160. The van der Waals surface area contributed by atoms with Crippen molar-refractivity contribution < 1.29 is 19.0 Å². The lowest BCUT2D eigenvalue weighted by atomic mass is 9.98. The molecule has 1 atom stereocenters. The molecule has 7 heteroatoms. The predicted octanol–water partition coefficient (Wildman–Crippen LogP) is 5.41. The molecule has 0 unspecified atom stereocenters. The number of ether oxygens (including phenoxy) is 3. The highest BCUT2D eigenvalue weighted by atomic mass is 32.1. The van der Waals surface area contributed by atoms with Crippen LogP contribution in [0.2, 0.25) is 0 Å². The smallest absolute Gasteiger partial charge is 0.260 e. The number of benzene rings is 2. The molecule has 5 rings (SSSR count). The zero-order valence-corrected chi connectivity index (χ0v) is 21.2. The van der Waals surface area contributed by atoms with Crippen LogP contribution in [0, 0.1) is 5.92 Å². The van der Waals surface area contributed by atoms with Crippen LogP contribution in [-0.2, 0) is 17.9 Å². The number of carbonyl (C=O) groups is 1. The summed E-state index contributed by atoms with van der Waals surface area (Å²) in [7, 11) is 1.82. The van der Waals surface area contributed by atoms with Gasteiger partial charge in [-0.15, -0.1) is 0 Å². The van der Waals surface area contributed by atoms with Crippen molar-refractivity contribution in [1.82, 2.24) is 9.80 Å². The van der Waals surface area contributed by atoms with Gasteiger partial charge in [-0.2, -0.15) is 11.3 Å². The molecule has 0 spiro atoms. The van der Waals surface area contributed by atoms with Crippen molar-refractivity contribution in [2.45, 2.75) is 32.9 Å². The number of hydrogen-bond donors (Lipinski definition) is 0. The van der Waals surface area contributed by atoms with E-state index in [2.05, 4.69) is 35.4 Å². The molecule has 1 fully saturated rings. The molecule has 0 bridgehead atoms. The van der Waals surface area contributed by atoms with Crippen molar-refractivity contribution in [3.8, 4) is 28.4 Å². The first-order valence-electron chi connectivity index (χ1n) is 12.2. The molecule has 6 nitrogen and oxygen atoms in total. The van der Waals surface area contributed by atoms with Crippen molar-refractivity contribution in [1.29, 1.82) is 0 Å². The maximum absolute atomic E-state index is 12.8. The second kappa shape index (κ2) is 10.7. The van der Waals surface area contributed by atoms with Crippen LogP contribution in [-0.4, -0.2) is 49.2 Å². The first-order chi connectivity index (χ1) is 17.0. The highest BCUT2D eigenvalue weighted by Crippen LogP contribution is 2.37. The fraction of sp³-hybridized carbons (Fsp3) is 0.393. The number of likely N-dealkylation sites (tertiary alicyclic amines) is 1. The summed E-state index contributed by atoms with van der Waals surface area (Å²) in [5.41, 5.74) is 4.40. The second-order valence-corrected chi connectivity index (χ2v) is 10.3. The van der Waals surface area contributed by atoms with Gasteiger partial charge in [0.2, 0.25) is 6.79 Å². The summed E-state index contributed by atoms with van der Waals surface area (Å²) >= 11 is 1.64. The van der Waals surface area contributed by atoms with E-state index in [9.17, 15) is 4.79 Å². The summed E-state index contributed by atoms with van der Waals surface area (Å²) in [6.07, 6.45) is 2.49. The molecule has 2 aliphatic heterocycles. The molecule has 2 aliphatic rings. The molecule has 0 N–H and O–H groups in total. The monoisotopic (exact) mass is 492 g/mol. The van der Waals surface area contributed by atoms with E-state index in [1.165, 1.54) is 12.8 Å². The summed E-state index contributed by atoms with van der Waals surface area (Å²) in [5, 5.41) is 4.09. The number of thiophene rings is 1. The van der Waals surface area contributed by atoms with E-state index >= 15 is 0 Å². The number of nitrogens with zero attached hydrogens (tertiary/aromatic N) is 2. The van der Waals surface area contributed by atoms with Crippen LogP contribution in [0.15, 0.2) is 53.2 Å². The highest BCUT2D eigenvalue weighted by molar-refractivity contribution is 7.07. The number of likely N-dealkylation sites (N-methyl/N-ethyl adjacent to an activating group) is 1. The number of piperidine rings is 1. The lowest BCUT2D eigenvalue weighted by Crippen LogP contribution is -2.34. The Kier molecular flexibility index (Phi) is 7.25. The summed E-state index contributed by atoms with van der Waals surface area (Å²) in [6, 6.07) is 14.3. The van der Waals surface area contributed by atoms with Gasteiger partial charge >= 0.3 is 0 Å². The van der Waals surface area contributed by atoms with Crippen LogP contribution in [0.5, 0.6) is 17.2 Å². The first-order valence-corrected chi connectivity index (χ1v) is 13.1. The van der Waals surface area contributed by atoms with Gasteiger partial charge in [-0.25, -0.2) is 0 Å². The number of amides is 1. The van der Waals surface area contributed by atoms with Crippen molar-refractivity contribution in [2.75, 3.05) is 33.5 Å². The van der Waals surface area contributed by atoms with Crippen LogP contribution >= 0.6 is 11.3 Å². The Hall–Kier alpha value is -3.03. The Labute approximate surface area is 211 Å². The minimum atomic E-state index is -0.0337. The summed E-state index contributed by atoms with van der Waals surface area (Å²) < 4.78 is 17.2. The largest absolute Gasteiger partial charge is 0.483 e. The Morgan fingerprint density at radius 3 is 2.80 bits per heavy atom. The molecule has 0 radical (unpaired) electrons. The second-order valence-electron chi connectivity index (χ2n) is 9.54. The average molecular weight is 493 g/mol. The maximum Gasteiger partial charge on any atom is 0.260 e. The summed E-state index contributed by atoms with van der Waals surface area (Å²) in [6.45, 7) is 6.15. The van der Waals surface area contributed by atoms with Crippen LogP contribution in [0.3, 0.4) is 0 Å². The number of carbonyl (C=O) groups excluding carboxylic acids is 1. The lowest BCUT2D eigenvalue weighted by molar-refractivity contribution is -0.132. The normalized spacial score (nSPS) is 17.4. The van der Waals surface area contributed by atoms with Crippen LogP contribution in [0.4, 0.5) is 0 Å². The third-order valence-corrected chi connectivity index (χ3v) is 7.41. The van der Waals surface area contributed by atoms with Gasteiger partial charge in [0, 0.05) is 32.2 Å². The number of fused-ring (bicyclic) bond motifs is 1. The molecule has 1 aromatic heterocycles. The van der Waals surface area contributed by atoms with E-state index < -0.39 is 0 Å². The number of hydrogen-bond acceptors (Lipinski definition) is 6. The molecular weight excluding hydrogens is 460 g/mol. The van der Waals surface area contributed by atoms with Gasteiger partial charge in [-0.1, -0.05) is 19.1 Å². The van der Waals surface area contributed by atoms with E-state index in [1.54, 1.807) is 16.2 Å². The maximum atomic E-state index is 12.8. The van der Waals surface area contributed by atoms with E-state index in [0.717, 1.165) is 59.1 Å². The molecule has 184 valence electrons. The van der Waals surface area contributed by atoms with Gasteiger partial charge in [0.25, 0.3) is 5.91 Å². The van der Waals surface area contributed by atoms with Gasteiger partial charge in [0.1, 0.15) is 5.75 Å². The first kappa shape index (κ1) is 23.7. The number of rotatable bonds is 8. The zero-order valence-electron chi connectivity index (χ0n) is 20.4. The zero-order chi connectivity index (χ0) is 24.2. The van der Waals surface area contributed by atoms with E-state index in [1.807, 2.05) is 36.7 Å². The van der Waals surface area contributed by atoms with E-state index in [-0.39, 0.29) is 19.3 Å². The molecule has 0 aliphatic carbocycles. The van der Waals surface area contributed by atoms with Gasteiger partial charge < -0.3 is 19.1 Å². The minimum Gasteiger partial charge on any atom is -0.483 e. The SMILES string of the molecule is C[C@@H]1CCCN(Cc2cc(-c3ccc4c(c3)OCO4)ccc2OCC(=O)N(C)Cc2ccsc2)C1. The predicted molar refractivity (Wildman–Crippen MR) is 138 cm³/mol. The summed E-state index contributed by atoms with van der Waals surface area (Å²) in [5.74, 6) is 2.98. The van der Waals surface area contributed by atoms with E-state index in [4.69, 9.17) is 14.2 Å². The quantitative estimate of drug-likeness (QED) is 0.421. The summed E-state index contributed by atoms with van der Waals surface area (Å²) in [4.78, 5) is 17.0. The molecule has 3 heterocycles. The third kappa shape index (κ3) is 5.80. The third-order valence-electron chi connectivity index (χ3n) is 6.68. The molecule has 3 aromatic rings. The Morgan fingerprint density at radius 2 is 1.97 bits per heavy atom. The molecule has 2 aromatic carbocycles. The minimum absolute atomic E-state index is 0.0212. The van der Waals surface area contributed by atoms with Gasteiger partial charge in [-0.05, 0) is 83.1 Å². The standard InChI is InChI=1S/C28H32N2O4S/c1-20-4-3-10-30(14-20)16-24-12-22(23-6-8-26-27(13-23)34-19-33-26)5-7-25(24)32-17-28(31)29(2)15-21-9-11-35-18-21/h5-9,11-13,18,20H,3-4,10,14-17,19H2,1-2H3/t20-/m1/s1. The van der Waals surface area contributed by atoms with E-state index in [0.29, 0.717) is 12.5 Å². The molecule has 1 saturated heterocycles. The molecule has 0 saturated carbocycles. The lowest BCUT2D eigenvalue weighted by Gasteiger charge is -2.31. The Balaban J connectivity index is 1.34. The van der Waals surface area contributed by atoms with Gasteiger partial charge in [-0.3, -0.25) is 9.69 Å². The Morgan fingerprint density at radius 1 is 1.14 bits per heavy atom. The molecule has 35 heavy (non-hydrogen) atoms.